The quantitative estimate of drug-likeness (QED) is 0.150. The predicted molar refractivity (Wildman–Crippen MR) is 123 cm³/mol. The highest BCUT2D eigenvalue weighted by atomic mass is 32.1. The Morgan fingerprint density at radius 1 is 0.906 bits per heavy atom. The molecule has 4 amide bonds. The van der Waals surface area contributed by atoms with Gasteiger partial charge in [0.2, 0.25) is 23.6 Å². The zero-order chi connectivity index (χ0) is 25.0. The van der Waals surface area contributed by atoms with E-state index in [0.29, 0.717) is 12.8 Å². The Kier molecular flexibility index (Phi) is 13.6. The standard InChI is InChI=1S/C20H37N5O6S/c1-5-11(4)16(22)19(29)24-13(8-10(2)3)17(27)25-14(9-32)18(28)23-12(20(30)31)6-7-15(21)26/h10-14,16,32H,5-9,22H2,1-4H3,(H2,21,26)(H,23,28)(H,24,29)(H,25,27)(H,30,31). The van der Waals surface area contributed by atoms with Crippen molar-refractivity contribution in [2.45, 2.75) is 77.5 Å². The summed E-state index contributed by atoms with van der Waals surface area (Å²) in [6.07, 6.45) is 0.581. The second kappa shape index (κ2) is 14.7. The highest BCUT2D eigenvalue weighted by Crippen LogP contribution is 2.09. The summed E-state index contributed by atoms with van der Waals surface area (Å²) in [6.45, 7) is 7.49. The predicted octanol–water partition coefficient (Wildman–Crippen LogP) is -0.860. The molecule has 5 atom stereocenters. The SMILES string of the molecule is CCC(C)C(N)C(=O)NC(CC(C)C)C(=O)NC(CS)C(=O)NC(CCC(N)=O)C(=O)O. The maximum Gasteiger partial charge on any atom is 0.326 e. The number of carboxylic acid groups (broad SMARTS) is 1. The number of rotatable bonds is 15. The Labute approximate surface area is 194 Å². The first-order chi connectivity index (χ1) is 14.8. The average Bonchev–Trinajstić information content (AvgIpc) is 2.71. The second-order valence-electron chi connectivity index (χ2n) is 8.25. The van der Waals surface area contributed by atoms with Gasteiger partial charge >= 0.3 is 5.97 Å². The molecule has 32 heavy (non-hydrogen) atoms. The van der Waals surface area contributed by atoms with Crippen LogP contribution in [0.25, 0.3) is 0 Å². The van der Waals surface area contributed by atoms with Crippen molar-refractivity contribution >= 4 is 42.2 Å². The largest absolute Gasteiger partial charge is 0.480 e. The number of thiol groups is 1. The number of nitrogens with one attached hydrogen (secondary N) is 3. The van der Waals surface area contributed by atoms with Crippen molar-refractivity contribution < 1.29 is 29.1 Å². The third kappa shape index (κ3) is 10.8. The van der Waals surface area contributed by atoms with Crippen LogP contribution < -0.4 is 27.4 Å². The van der Waals surface area contributed by atoms with E-state index in [-0.39, 0.29) is 30.4 Å². The summed E-state index contributed by atoms with van der Waals surface area (Å²) in [4.78, 5) is 60.1. The van der Waals surface area contributed by atoms with Gasteiger partial charge in [0.25, 0.3) is 0 Å². The van der Waals surface area contributed by atoms with E-state index in [1.54, 1.807) is 0 Å². The van der Waals surface area contributed by atoms with Crippen LogP contribution in [0.15, 0.2) is 0 Å². The van der Waals surface area contributed by atoms with Crippen LogP contribution in [0.2, 0.25) is 0 Å². The lowest BCUT2D eigenvalue weighted by atomic mass is 9.97. The third-order valence-electron chi connectivity index (χ3n) is 5.01. The number of aliphatic carboxylic acids is 1. The molecule has 0 aliphatic heterocycles. The number of primary amides is 1. The minimum absolute atomic E-state index is 0.0549. The summed E-state index contributed by atoms with van der Waals surface area (Å²) in [5.74, 6) is -4.04. The van der Waals surface area contributed by atoms with Gasteiger partial charge in [0, 0.05) is 12.2 Å². The molecule has 0 rings (SSSR count). The molecule has 0 aromatic carbocycles. The molecule has 0 radical (unpaired) electrons. The molecule has 0 aliphatic rings. The Morgan fingerprint density at radius 3 is 1.84 bits per heavy atom. The molecule has 0 spiro atoms. The van der Waals surface area contributed by atoms with Crippen molar-refractivity contribution in [3.8, 4) is 0 Å². The Balaban J connectivity index is 5.27. The summed E-state index contributed by atoms with van der Waals surface area (Å²) in [5, 5.41) is 16.7. The fourth-order valence-electron chi connectivity index (χ4n) is 2.77. The van der Waals surface area contributed by atoms with Crippen molar-refractivity contribution in [3.05, 3.63) is 0 Å². The van der Waals surface area contributed by atoms with Crippen molar-refractivity contribution in [3.63, 3.8) is 0 Å². The van der Waals surface area contributed by atoms with Gasteiger partial charge in [-0.25, -0.2) is 4.79 Å². The lowest BCUT2D eigenvalue weighted by molar-refractivity contribution is -0.142. The van der Waals surface area contributed by atoms with E-state index in [4.69, 9.17) is 11.5 Å². The van der Waals surface area contributed by atoms with Gasteiger partial charge < -0.3 is 32.5 Å². The fourth-order valence-corrected chi connectivity index (χ4v) is 3.02. The number of carbonyl (C=O) groups excluding carboxylic acids is 4. The van der Waals surface area contributed by atoms with Crippen LogP contribution in [0.1, 0.15) is 53.4 Å². The van der Waals surface area contributed by atoms with E-state index in [1.165, 1.54) is 0 Å². The molecule has 12 heteroatoms. The Morgan fingerprint density at radius 2 is 1.41 bits per heavy atom. The molecule has 0 aromatic rings. The van der Waals surface area contributed by atoms with Gasteiger partial charge in [0.05, 0.1) is 6.04 Å². The minimum atomic E-state index is -1.35. The van der Waals surface area contributed by atoms with Crippen molar-refractivity contribution in [1.29, 1.82) is 0 Å². The summed E-state index contributed by atoms with van der Waals surface area (Å²) in [7, 11) is 0. The number of nitrogens with two attached hydrogens (primary N) is 2. The molecule has 0 aliphatic carbocycles. The highest BCUT2D eigenvalue weighted by Gasteiger charge is 2.30. The number of amides is 4. The van der Waals surface area contributed by atoms with Gasteiger partial charge in [0.1, 0.15) is 18.1 Å². The first kappa shape index (κ1) is 29.7. The van der Waals surface area contributed by atoms with E-state index in [2.05, 4.69) is 28.6 Å². The first-order valence-corrected chi connectivity index (χ1v) is 11.3. The van der Waals surface area contributed by atoms with E-state index in [0.717, 1.165) is 0 Å². The van der Waals surface area contributed by atoms with E-state index >= 15 is 0 Å². The fraction of sp³-hybridized carbons (Fsp3) is 0.750. The second-order valence-corrected chi connectivity index (χ2v) is 8.62. The molecular weight excluding hydrogens is 438 g/mol. The molecule has 0 saturated carbocycles. The van der Waals surface area contributed by atoms with E-state index < -0.39 is 53.8 Å². The lowest BCUT2D eigenvalue weighted by Gasteiger charge is -2.26. The lowest BCUT2D eigenvalue weighted by Crippen LogP contribution is -2.58. The van der Waals surface area contributed by atoms with Crippen LogP contribution in [0, 0.1) is 11.8 Å². The van der Waals surface area contributed by atoms with Gasteiger partial charge in [-0.2, -0.15) is 12.6 Å². The number of hydrogen-bond acceptors (Lipinski definition) is 7. The highest BCUT2D eigenvalue weighted by molar-refractivity contribution is 7.80. The van der Waals surface area contributed by atoms with Crippen molar-refractivity contribution in [1.82, 2.24) is 16.0 Å². The van der Waals surface area contributed by atoms with Crippen LogP contribution >= 0.6 is 12.6 Å². The average molecular weight is 476 g/mol. The topological polar surface area (TPSA) is 194 Å². The molecular formula is C20H37N5O6S. The monoisotopic (exact) mass is 475 g/mol. The van der Waals surface area contributed by atoms with Gasteiger partial charge in [-0.3, -0.25) is 19.2 Å². The van der Waals surface area contributed by atoms with Crippen LogP contribution in [0.4, 0.5) is 0 Å². The summed E-state index contributed by atoms with van der Waals surface area (Å²) in [5.41, 5.74) is 11.0. The molecule has 0 aromatic heterocycles. The zero-order valence-corrected chi connectivity index (χ0v) is 20.0. The Hall–Kier alpha value is -2.34. The first-order valence-electron chi connectivity index (χ1n) is 10.6. The van der Waals surface area contributed by atoms with Gasteiger partial charge in [-0.1, -0.05) is 34.1 Å². The molecule has 0 saturated heterocycles. The van der Waals surface area contributed by atoms with Crippen LogP contribution in [0.3, 0.4) is 0 Å². The van der Waals surface area contributed by atoms with Gasteiger partial charge in [0.15, 0.2) is 0 Å². The maximum absolute atomic E-state index is 12.8. The van der Waals surface area contributed by atoms with Crippen LogP contribution in [0.5, 0.6) is 0 Å². The van der Waals surface area contributed by atoms with Gasteiger partial charge in [-0.15, -0.1) is 0 Å². The molecule has 11 nitrogen and oxygen atoms in total. The van der Waals surface area contributed by atoms with Crippen LogP contribution in [-0.4, -0.2) is 64.6 Å². The number of carboxylic acids is 1. The molecule has 0 fully saturated rings. The smallest absolute Gasteiger partial charge is 0.326 e. The molecule has 0 heterocycles. The normalized spacial score (nSPS) is 15.7. The van der Waals surface area contributed by atoms with E-state index in [9.17, 15) is 29.1 Å². The van der Waals surface area contributed by atoms with Crippen LogP contribution in [-0.2, 0) is 24.0 Å². The molecule has 5 unspecified atom stereocenters. The Bertz CT molecular complexity index is 675. The number of carbonyl (C=O) groups is 5. The molecule has 8 N–H and O–H groups in total. The molecule has 184 valence electrons. The van der Waals surface area contributed by atoms with Crippen molar-refractivity contribution in [2.75, 3.05) is 5.75 Å². The van der Waals surface area contributed by atoms with Gasteiger partial charge in [-0.05, 0) is 24.7 Å². The minimum Gasteiger partial charge on any atom is -0.480 e. The van der Waals surface area contributed by atoms with Crippen molar-refractivity contribution in [2.24, 2.45) is 23.3 Å². The third-order valence-corrected chi connectivity index (χ3v) is 5.37. The maximum atomic E-state index is 12.8. The van der Waals surface area contributed by atoms with E-state index in [1.807, 2.05) is 27.7 Å². The summed E-state index contributed by atoms with van der Waals surface area (Å²) in [6, 6.07) is -4.23. The zero-order valence-electron chi connectivity index (χ0n) is 19.1. The summed E-state index contributed by atoms with van der Waals surface area (Å²) >= 11 is 4.06. The summed E-state index contributed by atoms with van der Waals surface area (Å²) < 4.78 is 0. The molecule has 0 bridgehead atoms. The number of hydrogen-bond donors (Lipinski definition) is 7.